The number of nitrogens with zero attached hydrogens (tertiary/aromatic N) is 3. The third kappa shape index (κ3) is 3.25. The molecule has 0 spiro atoms. The van der Waals surface area contributed by atoms with E-state index in [0.717, 1.165) is 18.2 Å². The molecule has 0 bridgehead atoms. The van der Waals surface area contributed by atoms with E-state index in [0.29, 0.717) is 0 Å². The summed E-state index contributed by atoms with van der Waals surface area (Å²) >= 11 is 0. The lowest BCUT2D eigenvalue weighted by Gasteiger charge is -2.11. The van der Waals surface area contributed by atoms with Crippen LogP contribution in [0.15, 0.2) is 35.2 Å². The van der Waals surface area contributed by atoms with Crippen LogP contribution in [0.4, 0.5) is 0 Å². The lowest BCUT2D eigenvalue weighted by atomic mass is 10.1. The van der Waals surface area contributed by atoms with Crippen LogP contribution in [0.25, 0.3) is 6.08 Å². The summed E-state index contributed by atoms with van der Waals surface area (Å²) in [6.07, 6.45) is 9.09. The zero-order chi connectivity index (χ0) is 13.7. The summed E-state index contributed by atoms with van der Waals surface area (Å²) in [6, 6.07) is 1.70. The normalized spacial score (nSPS) is 18.4. The number of aliphatic imine (C=N–C) groups is 1. The summed E-state index contributed by atoms with van der Waals surface area (Å²) in [5.41, 5.74) is 0.736. The highest BCUT2D eigenvalue weighted by molar-refractivity contribution is 5.90. The molecule has 0 radical (unpaired) electrons. The number of ether oxygens (including phenoxy) is 1. The van der Waals surface area contributed by atoms with E-state index in [2.05, 4.69) is 19.7 Å². The number of carbonyl (C=O) groups excluding carboxylic acids is 1. The van der Waals surface area contributed by atoms with Crippen molar-refractivity contribution >= 4 is 18.3 Å². The van der Waals surface area contributed by atoms with Gasteiger partial charge in [-0.3, -0.25) is 4.99 Å². The minimum atomic E-state index is -0.826. The molecule has 19 heavy (non-hydrogen) atoms. The van der Waals surface area contributed by atoms with E-state index in [1.54, 1.807) is 18.5 Å². The number of hydrogen-bond donors (Lipinski definition) is 1. The van der Waals surface area contributed by atoms with Gasteiger partial charge in [-0.25, -0.2) is 14.8 Å². The molecule has 0 amide bonds. The third-order valence-electron chi connectivity index (χ3n) is 2.55. The van der Waals surface area contributed by atoms with Crippen molar-refractivity contribution < 1.29 is 14.6 Å². The van der Waals surface area contributed by atoms with Crippen LogP contribution in [0, 0.1) is 0 Å². The first kappa shape index (κ1) is 12.9. The van der Waals surface area contributed by atoms with E-state index in [1.165, 1.54) is 7.11 Å². The lowest BCUT2D eigenvalue weighted by molar-refractivity contribution is -0.138. The molecule has 0 fully saturated rings. The summed E-state index contributed by atoms with van der Waals surface area (Å²) in [5, 5.41) is 9.44. The quantitative estimate of drug-likeness (QED) is 0.506. The Morgan fingerprint density at radius 3 is 3.11 bits per heavy atom. The maximum absolute atomic E-state index is 11.1. The van der Waals surface area contributed by atoms with Crippen LogP contribution in [-0.4, -0.2) is 34.4 Å². The highest BCUT2D eigenvalue weighted by Crippen LogP contribution is 2.21. The summed E-state index contributed by atoms with van der Waals surface area (Å²) in [7, 11) is 1.19. The van der Waals surface area contributed by atoms with Crippen LogP contribution in [0.1, 0.15) is 24.0 Å². The summed E-state index contributed by atoms with van der Waals surface area (Å²) in [5.74, 6) is -1.12. The molecular weight excluding hydrogens is 246 g/mol. The lowest BCUT2D eigenvalue weighted by Crippen LogP contribution is -2.06. The van der Waals surface area contributed by atoms with Crippen LogP contribution in [0.5, 0.6) is 0 Å². The second kappa shape index (κ2) is 5.90. The molecule has 1 atom stereocenters. The SMILES string of the molecule is COC(=O)/C(O)=C\c1nccc(C2CC=CC=N2)n1. The molecule has 6 nitrogen and oxygen atoms in total. The van der Waals surface area contributed by atoms with Crippen LogP contribution in [-0.2, 0) is 9.53 Å². The predicted octanol–water partition coefficient (Wildman–Crippen LogP) is 1.62. The number of esters is 1. The second-order valence-corrected chi connectivity index (χ2v) is 3.84. The first-order valence-corrected chi connectivity index (χ1v) is 5.71. The number of aliphatic hydroxyl groups is 1. The van der Waals surface area contributed by atoms with E-state index in [9.17, 15) is 9.90 Å². The molecule has 1 aromatic heterocycles. The van der Waals surface area contributed by atoms with Gasteiger partial charge in [0.25, 0.3) is 0 Å². The van der Waals surface area contributed by atoms with E-state index >= 15 is 0 Å². The number of hydrogen-bond acceptors (Lipinski definition) is 6. The van der Waals surface area contributed by atoms with Gasteiger partial charge in [-0.2, -0.15) is 0 Å². The summed E-state index contributed by atoms with van der Waals surface area (Å²) in [6.45, 7) is 0. The van der Waals surface area contributed by atoms with Crippen LogP contribution in [0.3, 0.4) is 0 Å². The van der Waals surface area contributed by atoms with Crippen molar-refractivity contribution in [1.29, 1.82) is 0 Å². The summed E-state index contributed by atoms with van der Waals surface area (Å²) < 4.78 is 4.39. The average Bonchev–Trinajstić information content (AvgIpc) is 2.47. The third-order valence-corrected chi connectivity index (χ3v) is 2.55. The Balaban J connectivity index is 2.22. The fraction of sp³-hybridized carbons (Fsp3) is 0.231. The van der Waals surface area contributed by atoms with E-state index < -0.39 is 11.7 Å². The molecule has 0 saturated heterocycles. The zero-order valence-corrected chi connectivity index (χ0v) is 10.4. The highest BCUT2D eigenvalue weighted by Gasteiger charge is 2.13. The molecule has 1 aromatic rings. The number of aliphatic hydroxyl groups excluding tert-OH is 1. The Kier molecular flexibility index (Phi) is 4.02. The second-order valence-electron chi connectivity index (χ2n) is 3.84. The van der Waals surface area contributed by atoms with Gasteiger partial charge in [-0.1, -0.05) is 6.08 Å². The van der Waals surface area contributed by atoms with E-state index in [-0.39, 0.29) is 11.9 Å². The number of aromatic nitrogens is 2. The molecule has 2 heterocycles. The number of carbonyl (C=O) groups is 1. The van der Waals surface area contributed by atoms with E-state index in [4.69, 9.17) is 0 Å². The first-order chi connectivity index (χ1) is 9.20. The Morgan fingerprint density at radius 1 is 1.58 bits per heavy atom. The van der Waals surface area contributed by atoms with Crippen LogP contribution in [0.2, 0.25) is 0 Å². The molecule has 0 saturated carbocycles. The van der Waals surface area contributed by atoms with Gasteiger partial charge >= 0.3 is 5.97 Å². The largest absolute Gasteiger partial charge is 0.502 e. The van der Waals surface area contributed by atoms with E-state index in [1.807, 2.05) is 12.2 Å². The highest BCUT2D eigenvalue weighted by atomic mass is 16.5. The molecule has 0 aliphatic carbocycles. The van der Waals surface area contributed by atoms with Crippen LogP contribution >= 0.6 is 0 Å². The fourth-order valence-corrected chi connectivity index (χ4v) is 1.61. The monoisotopic (exact) mass is 259 g/mol. The minimum Gasteiger partial charge on any atom is -0.502 e. The molecule has 2 rings (SSSR count). The van der Waals surface area contributed by atoms with Gasteiger partial charge in [-0.15, -0.1) is 0 Å². The zero-order valence-electron chi connectivity index (χ0n) is 10.4. The van der Waals surface area contributed by atoms with Gasteiger partial charge in [-0.05, 0) is 18.6 Å². The maximum atomic E-state index is 11.1. The van der Waals surface area contributed by atoms with Crippen molar-refractivity contribution in [3.05, 3.63) is 41.7 Å². The maximum Gasteiger partial charge on any atom is 0.373 e. The number of rotatable bonds is 3. The summed E-state index contributed by atoms with van der Waals surface area (Å²) in [4.78, 5) is 23.6. The molecule has 6 heteroatoms. The van der Waals surface area contributed by atoms with Crippen molar-refractivity contribution in [2.45, 2.75) is 12.5 Å². The van der Waals surface area contributed by atoms with Gasteiger partial charge in [0.2, 0.25) is 5.76 Å². The van der Waals surface area contributed by atoms with Crippen molar-refractivity contribution in [3.8, 4) is 0 Å². The standard InChI is InChI=1S/C13H13N3O3/c1-19-13(18)11(17)8-12-15-7-5-10(16-12)9-4-2-3-6-14-9/h2-3,5-9,17H,4H2,1H3/b11-8+. The predicted molar refractivity (Wildman–Crippen MR) is 69.6 cm³/mol. The minimum absolute atomic E-state index is 0.0552. The van der Waals surface area contributed by atoms with Crippen molar-refractivity contribution in [3.63, 3.8) is 0 Å². The molecule has 0 aromatic carbocycles. The first-order valence-electron chi connectivity index (χ1n) is 5.71. The molecular formula is C13H13N3O3. The van der Waals surface area contributed by atoms with Gasteiger partial charge in [0, 0.05) is 18.5 Å². The molecule has 1 aliphatic heterocycles. The Bertz CT molecular complexity index is 564. The Labute approximate surface area is 110 Å². The van der Waals surface area contributed by atoms with Gasteiger partial charge in [0.05, 0.1) is 18.8 Å². The smallest absolute Gasteiger partial charge is 0.373 e. The molecule has 1 aliphatic rings. The van der Waals surface area contributed by atoms with Crippen molar-refractivity contribution in [2.75, 3.05) is 7.11 Å². The number of methoxy groups -OCH3 is 1. The number of allylic oxidation sites excluding steroid dienone is 1. The van der Waals surface area contributed by atoms with Crippen LogP contribution < -0.4 is 0 Å². The van der Waals surface area contributed by atoms with Gasteiger partial charge in [0.15, 0.2) is 5.82 Å². The Hall–Kier alpha value is -2.50. The van der Waals surface area contributed by atoms with Gasteiger partial charge in [0.1, 0.15) is 0 Å². The van der Waals surface area contributed by atoms with Crippen molar-refractivity contribution in [1.82, 2.24) is 9.97 Å². The average molecular weight is 259 g/mol. The molecule has 1 unspecified atom stereocenters. The number of dihydropyridines is 1. The van der Waals surface area contributed by atoms with Gasteiger partial charge < -0.3 is 9.84 Å². The molecule has 1 N–H and O–H groups in total. The molecule has 98 valence electrons. The van der Waals surface area contributed by atoms with Crippen molar-refractivity contribution in [2.24, 2.45) is 4.99 Å². The Morgan fingerprint density at radius 2 is 2.42 bits per heavy atom. The fourth-order valence-electron chi connectivity index (χ4n) is 1.61. The topological polar surface area (TPSA) is 84.7 Å².